The zero-order valence-corrected chi connectivity index (χ0v) is 12.1. The number of nitrogen functional groups attached to an aromatic ring is 1. The van der Waals surface area contributed by atoms with E-state index in [1.54, 1.807) is 18.2 Å². The minimum atomic E-state index is -1.04. The highest BCUT2D eigenvalue weighted by Crippen LogP contribution is 2.23. The predicted molar refractivity (Wildman–Crippen MR) is 81.3 cm³/mol. The van der Waals surface area contributed by atoms with Gasteiger partial charge in [-0.3, -0.25) is 0 Å². The monoisotopic (exact) mass is 369 g/mol. The molecule has 3 N–H and O–H groups in total. The van der Waals surface area contributed by atoms with E-state index >= 15 is 0 Å². The van der Waals surface area contributed by atoms with Crippen molar-refractivity contribution in [3.05, 3.63) is 57.2 Å². The van der Waals surface area contributed by atoms with Crippen LogP contribution in [0.1, 0.15) is 15.9 Å². The molecule has 0 aliphatic carbocycles. The quantitative estimate of drug-likeness (QED) is 0.642. The third-order valence-electron chi connectivity index (χ3n) is 2.62. The summed E-state index contributed by atoms with van der Waals surface area (Å²) < 4.78 is 6.62. The molecule has 2 aromatic rings. The van der Waals surface area contributed by atoms with E-state index < -0.39 is 5.97 Å². The van der Waals surface area contributed by atoms with Crippen molar-refractivity contribution in [2.45, 2.75) is 6.61 Å². The zero-order valence-electron chi connectivity index (χ0n) is 9.97. The summed E-state index contributed by atoms with van der Waals surface area (Å²) in [6.07, 6.45) is 0. The number of anilines is 1. The first-order chi connectivity index (χ1) is 9.09. The van der Waals surface area contributed by atoms with Crippen LogP contribution < -0.4 is 10.5 Å². The molecule has 5 heteroatoms. The summed E-state index contributed by atoms with van der Waals surface area (Å²) in [7, 11) is 0. The zero-order chi connectivity index (χ0) is 13.8. The number of carbonyl (C=O) groups is 1. The van der Waals surface area contributed by atoms with Crippen molar-refractivity contribution < 1.29 is 14.6 Å². The number of benzene rings is 2. The van der Waals surface area contributed by atoms with Crippen LogP contribution in [-0.4, -0.2) is 11.1 Å². The van der Waals surface area contributed by atoms with Gasteiger partial charge in [-0.05, 0) is 40.8 Å². The summed E-state index contributed by atoms with van der Waals surface area (Å²) in [5.41, 5.74) is 6.60. The third kappa shape index (κ3) is 3.17. The van der Waals surface area contributed by atoms with Gasteiger partial charge < -0.3 is 15.6 Å². The van der Waals surface area contributed by atoms with Crippen LogP contribution in [0.25, 0.3) is 0 Å². The molecule has 0 aromatic heterocycles. The summed E-state index contributed by atoms with van der Waals surface area (Å²) in [6, 6.07) is 12.5. The molecule has 19 heavy (non-hydrogen) atoms. The molecule has 0 aliphatic heterocycles. The van der Waals surface area contributed by atoms with Gasteiger partial charge in [0.05, 0.1) is 9.13 Å². The highest BCUT2D eigenvalue weighted by Gasteiger charge is 2.14. The average Bonchev–Trinajstić information content (AvgIpc) is 2.37. The molecule has 0 radical (unpaired) electrons. The topological polar surface area (TPSA) is 72.5 Å². The first-order valence-electron chi connectivity index (χ1n) is 5.57. The van der Waals surface area contributed by atoms with Gasteiger partial charge in [0.25, 0.3) is 0 Å². The number of halogens is 1. The molecule has 0 spiro atoms. The lowest BCUT2D eigenvalue weighted by atomic mass is 10.1. The first-order valence-corrected chi connectivity index (χ1v) is 6.65. The van der Waals surface area contributed by atoms with Crippen LogP contribution in [0.5, 0.6) is 5.75 Å². The number of ether oxygens (including phenoxy) is 1. The highest BCUT2D eigenvalue weighted by molar-refractivity contribution is 14.1. The maximum absolute atomic E-state index is 11.2. The van der Waals surface area contributed by atoms with Crippen LogP contribution in [0.2, 0.25) is 0 Å². The second kappa shape index (κ2) is 5.92. The van der Waals surface area contributed by atoms with Crippen molar-refractivity contribution in [3.63, 3.8) is 0 Å². The smallest absolute Gasteiger partial charge is 0.338 e. The summed E-state index contributed by atoms with van der Waals surface area (Å²) in [5, 5.41) is 9.16. The fourth-order valence-electron chi connectivity index (χ4n) is 1.72. The Hall–Kier alpha value is -1.76. The Bertz CT molecular complexity index is 613. The normalized spacial score (nSPS) is 10.2. The Morgan fingerprint density at radius 1 is 1.21 bits per heavy atom. The molecular weight excluding hydrogens is 357 g/mol. The third-order valence-corrected chi connectivity index (χ3v) is 3.51. The van der Waals surface area contributed by atoms with Gasteiger partial charge in [0.15, 0.2) is 0 Å². The number of carboxylic acids is 1. The van der Waals surface area contributed by atoms with Crippen molar-refractivity contribution in [3.8, 4) is 5.75 Å². The van der Waals surface area contributed by atoms with Crippen LogP contribution in [0.4, 0.5) is 5.69 Å². The number of rotatable bonds is 4. The van der Waals surface area contributed by atoms with E-state index in [-0.39, 0.29) is 17.9 Å². The highest BCUT2D eigenvalue weighted by atomic mass is 127. The van der Waals surface area contributed by atoms with Crippen molar-refractivity contribution in [2.24, 2.45) is 0 Å². The molecule has 0 saturated carbocycles. The van der Waals surface area contributed by atoms with Gasteiger partial charge in [0, 0.05) is 11.3 Å². The number of hydrogen-bond acceptors (Lipinski definition) is 3. The molecule has 0 amide bonds. The van der Waals surface area contributed by atoms with Crippen molar-refractivity contribution >= 4 is 34.2 Å². The maximum atomic E-state index is 11.2. The molecule has 0 aliphatic rings. The lowest BCUT2D eigenvalue weighted by molar-refractivity contribution is 0.0695. The number of nitrogens with two attached hydrogens (primary N) is 1. The molecule has 0 fully saturated rings. The fraction of sp³-hybridized carbons (Fsp3) is 0.0714. The molecule has 98 valence electrons. The Balaban J connectivity index is 2.23. The minimum Gasteiger partial charge on any atom is -0.488 e. The Kier molecular flexibility index (Phi) is 4.26. The number of aromatic carboxylic acids is 1. The first kappa shape index (κ1) is 13.7. The van der Waals surface area contributed by atoms with E-state index in [4.69, 9.17) is 15.6 Å². The molecule has 0 bridgehead atoms. The maximum Gasteiger partial charge on any atom is 0.338 e. The fourth-order valence-corrected chi connectivity index (χ4v) is 2.26. The lowest BCUT2D eigenvalue weighted by Gasteiger charge is -2.11. The summed E-state index contributed by atoms with van der Waals surface area (Å²) >= 11 is 2.17. The van der Waals surface area contributed by atoms with Gasteiger partial charge in [-0.1, -0.05) is 24.3 Å². The lowest BCUT2D eigenvalue weighted by Crippen LogP contribution is -2.09. The van der Waals surface area contributed by atoms with E-state index in [0.717, 1.165) is 9.32 Å². The van der Waals surface area contributed by atoms with Crippen molar-refractivity contribution in [2.75, 3.05) is 5.73 Å². The summed E-state index contributed by atoms with van der Waals surface area (Å²) in [4.78, 5) is 11.2. The Morgan fingerprint density at radius 3 is 2.63 bits per heavy atom. The Morgan fingerprint density at radius 2 is 1.95 bits per heavy atom. The van der Waals surface area contributed by atoms with E-state index in [1.807, 2.05) is 24.3 Å². The standard InChI is InChI=1S/C14H12INO3/c15-10-5-1-2-7-12(10)19-8-9-4-3-6-11(16)13(9)14(17)18/h1-7H,8,16H2,(H,17,18). The molecule has 2 rings (SSSR count). The largest absolute Gasteiger partial charge is 0.488 e. The van der Waals surface area contributed by atoms with Crippen LogP contribution in [0, 0.1) is 3.57 Å². The van der Waals surface area contributed by atoms with Gasteiger partial charge in [0.1, 0.15) is 12.4 Å². The van der Waals surface area contributed by atoms with Gasteiger partial charge in [-0.25, -0.2) is 4.79 Å². The van der Waals surface area contributed by atoms with E-state index in [1.165, 1.54) is 0 Å². The van der Waals surface area contributed by atoms with Gasteiger partial charge in [-0.15, -0.1) is 0 Å². The predicted octanol–water partition coefficient (Wildman–Crippen LogP) is 3.15. The average molecular weight is 369 g/mol. The van der Waals surface area contributed by atoms with Crippen molar-refractivity contribution in [1.29, 1.82) is 0 Å². The molecule has 4 nitrogen and oxygen atoms in total. The molecule has 2 aromatic carbocycles. The number of para-hydroxylation sites is 1. The van der Waals surface area contributed by atoms with Crippen LogP contribution in [-0.2, 0) is 6.61 Å². The summed E-state index contributed by atoms with van der Waals surface area (Å²) in [6.45, 7) is 0.173. The van der Waals surface area contributed by atoms with E-state index in [2.05, 4.69) is 22.6 Å². The molecule has 0 heterocycles. The summed E-state index contributed by atoms with van der Waals surface area (Å²) in [5.74, 6) is -0.318. The molecule has 0 atom stereocenters. The Labute approximate surface area is 124 Å². The second-order valence-electron chi connectivity index (χ2n) is 3.91. The van der Waals surface area contributed by atoms with Crippen LogP contribution >= 0.6 is 22.6 Å². The van der Waals surface area contributed by atoms with Crippen molar-refractivity contribution in [1.82, 2.24) is 0 Å². The molecule has 0 unspecified atom stereocenters. The van der Waals surface area contributed by atoms with Gasteiger partial charge in [0.2, 0.25) is 0 Å². The van der Waals surface area contributed by atoms with Gasteiger partial charge in [-0.2, -0.15) is 0 Å². The number of hydrogen-bond donors (Lipinski definition) is 2. The van der Waals surface area contributed by atoms with E-state index in [9.17, 15) is 4.79 Å². The van der Waals surface area contributed by atoms with Gasteiger partial charge >= 0.3 is 5.97 Å². The molecule has 0 saturated heterocycles. The second-order valence-corrected chi connectivity index (χ2v) is 5.07. The van der Waals surface area contributed by atoms with Crippen LogP contribution in [0.15, 0.2) is 42.5 Å². The number of carboxylic acid groups (broad SMARTS) is 1. The van der Waals surface area contributed by atoms with E-state index in [0.29, 0.717) is 5.56 Å². The van der Waals surface area contributed by atoms with Crippen LogP contribution in [0.3, 0.4) is 0 Å². The SMILES string of the molecule is Nc1cccc(COc2ccccc2I)c1C(=O)O. The molecular formula is C14H12INO3. The minimum absolute atomic E-state index is 0.105.